The molecule has 4 rings (SSSR count). The number of aromatic nitrogens is 1. The third-order valence-electron chi connectivity index (χ3n) is 6.36. The van der Waals surface area contributed by atoms with E-state index in [4.69, 9.17) is 9.47 Å². The minimum absolute atomic E-state index is 0.0879. The molecule has 1 fully saturated rings. The largest absolute Gasteiger partial charge is 0.492 e. The van der Waals surface area contributed by atoms with Gasteiger partial charge in [0, 0.05) is 38.0 Å². The van der Waals surface area contributed by atoms with Crippen LogP contribution in [0.15, 0.2) is 65.5 Å². The van der Waals surface area contributed by atoms with Gasteiger partial charge in [0.2, 0.25) is 0 Å². The molecule has 1 aliphatic heterocycles. The summed E-state index contributed by atoms with van der Waals surface area (Å²) in [4.78, 5) is 30.3. The lowest BCUT2D eigenvalue weighted by molar-refractivity contribution is 0.0392. The van der Waals surface area contributed by atoms with E-state index in [0.717, 1.165) is 55.0 Å². The molecule has 0 atom stereocenters. The van der Waals surface area contributed by atoms with Gasteiger partial charge in [-0.2, -0.15) is 0 Å². The lowest BCUT2D eigenvalue weighted by atomic mass is 10.1. The van der Waals surface area contributed by atoms with Crippen molar-refractivity contribution in [3.8, 4) is 17.0 Å². The molecule has 1 amide bonds. The maximum absolute atomic E-state index is 12.6. The van der Waals surface area contributed by atoms with E-state index in [1.807, 2.05) is 55.5 Å². The molecule has 0 unspecified atom stereocenters. The molecule has 7 nitrogen and oxygen atoms in total. The Morgan fingerprint density at radius 1 is 1.11 bits per heavy atom. The molecule has 184 valence electrons. The lowest BCUT2D eigenvalue weighted by Crippen LogP contribution is -2.38. The minimum Gasteiger partial charge on any atom is -0.492 e. The molecule has 0 saturated carbocycles. The number of rotatable bonds is 9. The van der Waals surface area contributed by atoms with E-state index in [2.05, 4.69) is 22.2 Å². The normalized spacial score (nSPS) is 14.1. The van der Waals surface area contributed by atoms with Crippen LogP contribution in [0.2, 0.25) is 0 Å². The number of ether oxygens (including phenoxy) is 2. The van der Waals surface area contributed by atoms with Crippen LogP contribution in [-0.4, -0.2) is 55.2 Å². The highest BCUT2D eigenvalue weighted by Crippen LogP contribution is 2.18. The second-order valence-electron chi connectivity index (χ2n) is 8.99. The molecule has 1 aromatic heterocycles. The third-order valence-corrected chi connectivity index (χ3v) is 6.36. The molecule has 1 saturated heterocycles. The van der Waals surface area contributed by atoms with E-state index in [-0.39, 0.29) is 5.56 Å². The number of aryl methyl sites for hydroxylation is 1. The van der Waals surface area contributed by atoms with E-state index in [9.17, 15) is 9.59 Å². The first-order valence-corrected chi connectivity index (χ1v) is 12.1. The van der Waals surface area contributed by atoms with Gasteiger partial charge < -0.3 is 19.8 Å². The molecule has 7 heteroatoms. The van der Waals surface area contributed by atoms with Gasteiger partial charge in [0.05, 0.1) is 0 Å². The van der Waals surface area contributed by atoms with Crippen LogP contribution in [0.25, 0.3) is 11.3 Å². The van der Waals surface area contributed by atoms with Gasteiger partial charge in [0.15, 0.2) is 0 Å². The molecule has 0 spiro atoms. The topological polar surface area (TPSA) is 83.7 Å². The number of nitrogens with zero attached hydrogens (tertiary/aromatic N) is 1. The van der Waals surface area contributed by atoms with E-state index >= 15 is 0 Å². The monoisotopic (exact) mass is 475 g/mol. The summed E-state index contributed by atoms with van der Waals surface area (Å²) >= 11 is 0. The molecule has 0 radical (unpaired) electrons. The lowest BCUT2D eigenvalue weighted by Gasteiger charge is -2.31. The predicted molar refractivity (Wildman–Crippen MR) is 137 cm³/mol. The van der Waals surface area contributed by atoms with Crippen LogP contribution in [0, 0.1) is 6.92 Å². The molecule has 2 heterocycles. The van der Waals surface area contributed by atoms with Gasteiger partial charge in [0.25, 0.3) is 11.5 Å². The Labute approximate surface area is 206 Å². The first-order valence-electron chi connectivity index (χ1n) is 12.1. The second kappa shape index (κ2) is 11.8. The van der Waals surface area contributed by atoms with E-state index < -0.39 is 11.5 Å². The molecule has 35 heavy (non-hydrogen) atoms. The van der Waals surface area contributed by atoms with Crippen molar-refractivity contribution < 1.29 is 14.3 Å². The highest BCUT2D eigenvalue weighted by molar-refractivity contribution is 5.94. The Kier molecular flexibility index (Phi) is 8.34. The van der Waals surface area contributed by atoms with Gasteiger partial charge in [0.1, 0.15) is 17.9 Å². The number of pyridine rings is 1. The Balaban J connectivity index is 1.29. The summed E-state index contributed by atoms with van der Waals surface area (Å²) in [6.45, 7) is 5.38. The van der Waals surface area contributed by atoms with Crippen LogP contribution in [0.1, 0.15) is 34.3 Å². The summed E-state index contributed by atoms with van der Waals surface area (Å²) in [6, 6.07) is 19.4. The Morgan fingerprint density at radius 2 is 1.91 bits per heavy atom. The summed E-state index contributed by atoms with van der Waals surface area (Å²) in [6.07, 6.45) is 2.12. The van der Waals surface area contributed by atoms with Crippen molar-refractivity contribution in [1.82, 2.24) is 15.2 Å². The molecular weight excluding hydrogens is 442 g/mol. The van der Waals surface area contributed by atoms with Crippen LogP contribution in [0.4, 0.5) is 0 Å². The smallest absolute Gasteiger partial charge is 0.261 e. The number of benzene rings is 2. The molecule has 3 aromatic rings. The number of hydrogen-bond acceptors (Lipinski definition) is 5. The van der Waals surface area contributed by atoms with Crippen LogP contribution in [0.3, 0.4) is 0 Å². The van der Waals surface area contributed by atoms with E-state index in [1.54, 1.807) is 12.1 Å². The SMILES string of the molecule is Cc1cccc(-c2ccc(C(=O)NCc3cccc(OCCN(C)C4CCOCC4)c3)c(=O)[nH]2)c1. The van der Waals surface area contributed by atoms with E-state index in [1.165, 1.54) is 0 Å². The second-order valence-corrected chi connectivity index (χ2v) is 8.99. The average Bonchev–Trinajstić information content (AvgIpc) is 2.88. The summed E-state index contributed by atoms with van der Waals surface area (Å²) in [5.41, 5.74) is 3.27. The van der Waals surface area contributed by atoms with Crippen LogP contribution in [0.5, 0.6) is 5.75 Å². The summed E-state index contributed by atoms with van der Waals surface area (Å²) < 4.78 is 11.4. The molecule has 0 aliphatic carbocycles. The van der Waals surface area contributed by atoms with Gasteiger partial charge in [-0.1, -0.05) is 35.9 Å². The molecule has 0 bridgehead atoms. The fourth-order valence-electron chi connectivity index (χ4n) is 4.27. The number of H-pyrrole nitrogens is 1. The third kappa shape index (κ3) is 6.81. The summed E-state index contributed by atoms with van der Waals surface area (Å²) in [7, 11) is 2.13. The predicted octanol–water partition coefficient (Wildman–Crippen LogP) is 3.77. The quantitative estimate of drug-likeness (QED) is 0.492. The van der Waals surface area contributed by atoms with Crippen LogP contribution < -0.4 is 15.6 Å². The molecule has 1 aliphatic rings. The summed E-state index contributed by atoms with van der Waals surface area (Å²) in [5, 5.41) is 2.83. The zero-order valence-electron chi connectivity index (χ0n) is 20.4. The van der Waals surface area contributed by atoms with Crippen LogP contribution in [-0.2, 0) is 11.3 Å². The zero-order chi connectivity index (χ0) is 24.6. The van der Waals surface area contributed by atoms with Crippen molar-refractivity contribution in [1.29, 1.82) is 0 Å². The van der Waals surface area contributed by atoms with Crippen molar-refractivity contribution in [2.45, 2.75) is 32.4 Å². The first kappa shape index (κ1) is 24.7. The standard InChI is InChI=1S/C28H33N3O4/c1-20-5-3-7-22(17-20)26-10-9-25(28(33)30-26)27(32)29-19-21-6-4-8-24(18-21)35-16-13-31(2)23-11-14-34-15-12-23/h3-10,17-18,23H,11-16,19H2,1-2H3,(H,29,32)(H,30,33). The Morgan fingerprint density at radius 3 is 2.69 bits per heavy atom. The maximum Gasteiger partial charge on any atom is 0.261 e. The van der Waals surface area contributed by atoms with Gasteiger partial charge in [-0.05, 0) is 68.3 Å². The minimum atomic E-state index is -0.411. The highest BCUT2D eigenvalue weighted by atomic mass is 16.5. The van der Waals surface area contributed by atoms with Crippen molar-refractivity contribution in [3.63, 3.8) is 0 Å². The number of hydrogen-bond donors (Lipinski definition) is 2. The molecular formula is C28H33N3O4. The zero-order valence-corrected chi connectivity index (χ0v) is 20.4. The van der Waals surface area contributed by atoms with Crippen molar-refractivity contribution in [3.05, 3.63) is 87.7 Å². The van der Waals surface area contributed by atoms with Crippen molar-refractivity contribution >= 4 is 5.91 Å². The number of amides is 1. The average molecular weight is 476 g/mol. The number of carbonyl (C=O) groups excluding carboxylic acids is 1. The van der Waals surface area contributed by atoms with Crippen molar-refractivity contribution in [2.75, 3.05) is 33.4 Å². The Bertz CT molecular complexity index is 1200. The highest BCUT2D eigenvalue weighted by Gasteiger charge is 2.18. The number of likely N-dealkylation sites (N-methyl/N-ethyl adjacent to an activating group) is 1. The maximum atomic E-state index is 12.6. The van der Waals surface area contributed by atoms with Gasteiger partial charge in [-0.3, -0.25) is 14.5 Å². The van der Waals surface area contributed by atoms with Crippen LogP contribution >= 0.6 is 0 Å². The fourth-order valence-corrected chi connectivity index (χ4v) is 4.27. The first-order chi connectivity index (χ1) is 17.0. The number of nitrogens with one attached hydrogen (secondary N) is 2. The van der Waals surface area contributed by atoms with Gasteiger partial charge in [-0.25, -0.2) is 0 Å². The number of aromatic amines is 1. The van der Waals surface area contributed by atoms with Gasteiger partial charge >= 0.3 is 0 Å². The number of carbonyl (C=O) groups is 1. The van der Waals surface area contributed by atoms with Gasteiger partial charge in [-0.15, -0.1) is 0 Å². The molecule has 2 aromatic carbocycles. The summed E-state index contributed by atoms with van der Waals surface area (Å²) in [5.74, 6) is 0.351. The fraction of sp³-hybridized carbons (Fsp3) is 0.357. The van der Waals surface area contributed by atoms with E-state index in [0.29, 0.717) is 24.9 Å². The Hall–Kier alpha value is -3.42. The van der Waals surface area contributed by atoms with Crippen molar-refractivity contribution in [2.24, 2.45) is 0 Å². The molecule has 2 N–H and O–H groups in total.